The molecule has 3 rings (SSSR count). The van der Waals surface area contributed by atoms with E-state index >= 15 is 0 Å². The third-order valence-electron chi connectivity index (χ3n) is 5.35. The van der Waals surface area contributed by atoms with Crippen LogP contribution in [0, 0.1) is 5.92 Å². The number of nitrogens with one attached hydrogen (secondary N) is 1. The van der Waals surface area contributed by atoms with Crippen molar-refractivity contribution in [2.24, 2.45) is 5.92 Å². The Morgan fingerprint density at radius 2 is 1.75 bits per heavy atom. The molecule has 0 radical (unpaired) electrons. The Bertz CT molecular complexity index is 401. The minimum atomic E-state index is 0.382. The van der Waals surface area contributed by atoms with Crippen LogP contribution in [0.25, 0.3) is 0 Å². The average molecular weight is 272 g/mol. The van der Waals surface area contributed by atoms with Gasteiger partial charge in [0.1, 0.15) is 0 Å². The number of hydrogen-bond acceptors (Lipinski definition) is 2. The van der Waals surface area contributed by atoms with Crippen LogP contribution in [0.2, 0.25) is 0 Å². The molecule has 0 unspecified atom stereocenters. The smallest absolute Gasteiger partial charge is 0.0104 e. The Labute approximate surface area is 123 Å². The molecule has 0 spiro atoms. The predicted octanol–water partition coefficient (Wildman–Crippen LogP) is 3.04. The zero-order valence-electron chi connectivity index (χ0n) is 12.8. The van der Waals surface area contributed by atoms with Gasteiger partial charge in [-0.3, -0.25) is 0 Å². The Morgan fingerprint density at radius 1 is 1.10 bits per heavy atom. The van der Waals surface area contributed by atoms with E-state index in [4.69, 9.17) is 0 Å². The maximum Gasteiger partial charge on any atom is 0.0104 e. The van der Waals surface area contributed by atoms with Crippen molar-refractivity contribution in [3.63, 3.8) is 0 Å². The third kappa shape index (κ3) is 3.07. The van der Waals surface area contributed by atoms with Gasteiger partial charge in [0.25, 0.3) is 0 Å². The predicted molar refractivity (Wildman–Crippen MR) is 85.1 cm³/mol. The van der Waals surface area contributed by atoms with Crippen molar-refractivity contribution >= 4 is 0 Å². The van der Waals surface area contributed by atoms with Crippen LogP contribution in [0.4, 0.5) is 0 Å². The normalized spacial score (nSPS) is 24.6. The molecule has 2 aliphatic rings. The van der Waals surface area contributed by atoms with Crippen molar-refractivity contribution in [1.29, 1.82) is 0 Å². The van der Waals surface area contributed by atoms with Gasteiger partial charge in [-0.05, 0) is 63.3 Å². The molecule has 0 aromatic heterocycles. The second-order valence-electron chi connectivity index (χ2n) is 6.86. The summed E-state index contributed by atoms with van der Waals surface area (Å²) in [5, 5.41) is 3.54. The molecule has 0 atom stereocenters. The third-order valence-corrected chi connectivity index (χ3v) is 5.35. The fourth-order valence-corrected chi connectivity index (χ4v) is 3.88. The number of piperidine rings is 2. The fraction of sp³-hybridized carbons (Fsp3) is 0.667. The molecule has 0 aliphatic carbocycles. The first kappa shape index (κ1) is 14.1. The maximum absolute atomic E-state index is 3.54. The highest BCUT2D eigenvalue weighted by Gasteiger charge is 2.36. The highest BCUT2D eigenvalue weighted by atomic mass is 15.1. The second kappa shape index (κ2) is 6.28. The number of nitrogens with zero attached hydrogens (tertiary/aromatic N) is 1. The summed E-state index contributed by atoms with van der Waals surface area (Å²) in [5.41, 5.74) is 1.94. The van der Waals surface area contributed by atoms with E-state index in [2.05, 4.69) is 47.5 Å². The van der Waals surface area contributed by atoms with Crippen molar-refractivity contribution < 1.29 is 0 Å². The summed E-state index contributed by atoms with van der Waals surface area (Å²) in [4.78, 5) is 2.72. The molecule has 1 aromatic rings. The van der Waals surface area contributed by atoms with E-state index in [1.165, 1.54) is 58.4 Å². The highest BCUT2D eigenvalue weighted by Crippen LogP contribution is 2.35. The standard InChI is InChI=1S/C18H28N2/c1-16-7-13-20(14-8-16)15-18(9-11-19-12-10-18)17-5-3-2-4-6-17/h2-6,16,19H,7-15H2,1H3. The minimum absolute atomic E-state index is 0.382. The van der Waals surface area contributed by atoms with Gasteiger partial charge in [-0.25, -0.2) is 0 Å². The molecule has 1 N–H and O–H groups in total. The molecule has 0 saturated carbocycles. The maximum atomic E-state index is 3.54. The summed E-state index contributed by atoms with van der Waals surface area (Å²) in [6.45, 7) is 8.57. The Hall–Kier alpha value is -0.860. The summed E-state index contributed by atoms with van der Waals surface area (Å²) >= 11 is 0. The van der Waals surface area contributed by atoms with E-state index in [0.29, 0.717) is 5.41 Å². The lowest BCUT2D eigenvalue weighted by atomic mass is 9.72. The summed E-state index contributed by atoms with van der Waals surface area (Å²) in [5.74, 6) is 0.923. The van der Waals surface area contributed by atoms with Crippen molar-refractivity contribution in [3.8, 4) is 0 Å². The van der Waals surface area contributed by atoms with Crippen LogP contribution in [0.15, 0.2) is 30.3 Å². The van der Waals surface area contributed by atoms with Gasteiger partial charge in [0.15, 0.2) is 0 Å². The first-order valence-electron chi connectivity index (χ1n) is 8.27. The number of rotatable bonds is 3. The molecule has 2 heterocycles. The van der Waals surface area contributed by atoms with Crippen LogP contribution in [0.1, 0.15) is 38.2 Å². The molecule has 2 fully saturated rings. The van der Waals surface area contributed by atoms with E-state index in [1.807, 2.05) is 0 Å². The van der Waals surface area contributed by atoms with E-state index in [0.717, 1.165) is 5.92 Å². The van der Waals surface area contributed by atoms with E-state index in [-0.39, 0.29) is 0 Å². The van der Waals surface area contributed by atoms with Gasteiger partial charge >= 0.3 is 0 Å². The Kier molecular flexibility index (Phi) is 4.42. The van der Waals surface area contributed by atoms with Crippen molar-refractivity contribution in [2.45, 2.75) is 38.0 Å². The van der Waals surface area contributed by atoms with Gasteiger partial charge in [0.2, 0.25) is 0 Å². The van der Waals surface area contributed by atoms with Crippen molar-refractivity contribution in [1.82, 2.24) is 10.2 Å². The quantitative estimate of drug-likeness (QED) is 0.910. The van der Waals surface area contributed by atoms with E-state index in [1.54, 1.807) is 5.56 Å². The van der Waals surface area contributed by atoms with Gasteiger partial charge in [-0.15, -0.1) is 0 Å². The lowest BCUT2D eigenvalue weighted by molar-refractivity contribution is 0.133. The zero-order chi connectivity index (χ0) is 13.8. The van der Waals surface area contributed by atoms with E-state index < -0.39 is 0 Å². The van der Waals surface area contributed by atoms with Gasteiger partial charge in [0, 0.05) is 12.0 Å². The molecule has 2 aliphatic heterocycles. The van der Waals surface area contributed by atoms with Crippen LogP contribution in [-0.4, -0.2) is 37.6 Å². The Morgan fingerprint density at radius 3 is 2.40 bits per heavy atom. The van der Waals surface area contributed by atoms with Gasteiger partial charge in [-0.1, -0.05) is 37.3 Å². The van der Waals surface area contributed by atoms with Crippen LogP contribution >= 0.6 is 0 Å². The van der Waals surface area contributed by atoms with Crippen LogP contribution < -0.4 is 5.32 Å². The molecule has 1 aromatic carbocycles. The number of benzene rings is 1. The topological polar surface area (TPSA) is 15.3 Å². The molecule has 2 heteroatoms. The second-order valence-corrected chi connectivity index (χ2v) is 6.86. The minimum Gasteiger partial charge on any atom is -0.317 e. The molecule has 0 amide bonds. The summed E-state index contributed by atoms with van der Waals surface area (Å²) in [6.07, 6.45) is 5.32. The average Bonchev–Trinajstić information content (AvgIpc) is 2.52. The lowest BCUT2D eigenvalue weighted by Crippen LogP contribution is -2.49. The van der Waals surface area contributed by atoms with E-state index in [9.17, 15) is 0 Å². The molecule has 2 saturated heterocycles. The van der Waals surface area contributed by atoms with Crippen LogP contribution in [-0.2, 0) is 5.41 Å². The fourth-order valence-electron chi connectivity index (χ4n) is 3.88. The lowest BCUT2D eigenvalue weighted by Gasteiger charge is -2.43. The number of likely N-dealkylation sites (tertiary alicyclic amines) is 1. The SMILES string of the molecule is CC1CCN(CC2(c3ccccc3)CCNCC2)CC1. The number of hydrogen-bond donors (Lipinski definition) is 1. The summed E-state index contributed by atoms with van der Waals surface area (Å²) in [7, 11) is 0. The molecule has 20 heavy (non-hydrogen) atoms. The van der Waals surface area contributed by atoms with Gasteiger partial charge in [-0.2, -0.15) is 0 Å². The Balaban J connectivity index is 1.76. The first-order chi connectivity index (χ1) is 9.78. The largest absolute Gasteiger partial charge is 0.317 e. The molecular formula is C18H28N2. The van der Waals surface area contributed by atoms with Crippen LogP contribution in [0.3, 0.4) is 0 Å². The van der Waals surface area contributed by atoms with Gasteiger partial charge < -0.3 is 10.2 Å². The summed E-state index contributed by atoms with van der Waals surface area (Å²) in [6, 6.07) is 11.2. The van der Waals surface area contributed by atoms with Crippen molar-refractivity contribution in [3.05, 3.63) is 35.9 Å². The van der Waals surface area contributed by atoms with Gasteiger partial charge in [0.05, 0.1) is 0 Å². The monoisotopic (exact) mass is 272 g/mol. The highest BCUT2D eigenvalue weighted by molar-refractivity contribution is 5.27. The molecule has 110 valence electrons. The molecular weight excluding hydrogens is 244 g/mol. The van der Waals surface area contributed by atoms with Crippen molar-refractivity contribution in [2.75, 3.05) is 32.7 Å². The first-order valence-corrected chi connectivity index (χ1v) is 8.27. The summed E-state index contributed by atoms with van der Waals surface area (Å²) < 4.78 is 0. The zero-order valence-corrected chi connectivity index (χ0v) is 12.8. The van der Waals surface area contributed by atoms with Crippen LogP contribution in [0.5, 0.6) is 0 Å². The molecule has 0 bridgehead atoms. The molecule has 2 nitrogen and oxygen atoms in total.